The van der Waals surface area contributed by atoms with Crippen molar-refractivity contribution in [3.8, 4) is 11.5 Å². The Morgan fingerprint density at radius 2 is 1.64 bits per heavy atom. The average molecular weight is 346 g/mol. The number of nitrogens with zero attached hydrogens (tertiary/aromatic N) is 2. The van der Waals surface area contributed by atoms with Crippen molar-refractivity contribution in [3.05, 3.63) is 24.3 Å². The minimum atomic E-state index is 0.0527. The van der Waals surface area contributed by atoms with Crippen LogP contribution in [0.2, 0.25) is 0 Å². The maximum absolute atomic E-state index is 12.5. The molecule has 2 aliphatic carbocycles. The molecule has 3 rings (SSSR count). The van der Waals surface area contributed by atoms with Crippen LogP contribution in [0.25, 0.3) is 0 Å². The maximum atomic E-state index is 12.5. The molecule has 1 amide bonds. The van der Waals surface area contributed by atoms with E-state index < -0.39 is 0 Å². The maximum Gasteiger partial charge on any atom is 0.260 e. The standard InChI is InChI=1S/C20H30N2O3/c1-21(2)16-8-14-10-17(11-15(14)9-16)22(3)20(23)13-25-19-7-5-6-18(12-19)24-4/h5-7,12,14-17H,8-11,13H2,1-4H3/t14-,15+,16?,17?. The predicted molar refractivity (Wildman–Crippen MR) is 98.0 cm³/mol. The molecule has 4 atom stereocenters. The fraction of sp³-hybridized carbons (Fsp3) is 0.650. The fourth-order valence-corrected chi connectivity index (χ4v) is 4.43. The van der Waals surface area contributed by atoms with Gasteiger partial charge in [-0.05, 0) is 63.7 Å². The third kappa shape index (κ3) is 4.09. The van der Waals surface area contributed by atoms with Gasteiger partial charge in [-0.3, -0.25) is 4.79 Å². The molecule has 0 bridgehead atoms. The highest BCUT2D eigenvalue weighted by atomic mass is 16.5. The van der Waals surface area contributed by atoms with E-state index >= 15 is 0 Å². The summed E-state index contributed by atoms with van der Waals surface area (Å²) in [4.78, 5) is 16.8. The third-order valence-corrected chi connectivity index (χ3v) is 6.04. The summed E-state index contributed by atoms with van der Waals surface area (Å²) < 4.78 is 10.8. The van der Waals surface area contributed by atoms with Crippen molar-refractivity contribution in [2.45, 2.75) is 37.8 Å². The van der Waals surface area contributed by atoms with E-state index in [2.05, 4.69) is 19.0 Å². The molecule has 1 aromatic carbocycles. The molecule has 1 aromatic rings. The first kappa shape index (κ1) is 18.1. The zero-order chi connectivity index (χ0) is 18.0. The van der Waals surface area contributed by atoms with Crippen LogP contribution in [0.3, 0.4) is 0 Å². The average Bonchev–Trinajstić information content (AvgIpc) is 3.18. The first-order chi connectivity index (χ1) is 12.0. The summed E-state index contributed by atoms with van der Waals surface area (Å²) >= 11 is 0. The van der Waals surface area contributed by atoms with E-state index in [4.69, 9.17) is 9.47 Å². The monoisotopic (exact) mass is 346 g/mol. The predicted octanol–water partition coefficient (Wildman–Crippen LogP) is 2.65. The van der Waals surface area contributed by atoms with Crippen LogP contribution < -0.4 is 9.47 Å². The number of carbonyl (C=O) groups excluding carboxylic acids is 1. The van der Waals surface area contributed by atoms with E-state index in [1.807, 2.05) is 30.1 Å². The number of benzene rings is 1. The van der Waals surface area contributed by atoms with Gasteiger partial charge >= 0.3 is 0 Å². The van der Waals surface area contributed by atoms with Crippen molar-refractivity contribution in [2.75, 3.05) is 34.9 Å². The zero-order valence-corrected chi connectivity index (χ0v) is 15.8. The molecule has 2 unspecified atom stereocenters. The molecule has 2 aliphatic rings. The van der Waals surface area contributed by atoms with Crippen LogP contribution in [0.1, 0.15) is 25.7 Å². The van der Waals surface area contributed by atoms with Crippen LogP contribution in [0, 0.1) is 11.8 Å². The topological polar surface area (TPSA) is 42.0 Å². The third-order valence-electron chi connectivity index (χ3n) is 6.04. The number of carbonyl (C=O) groups is 1. The first-order valence-electron chi connectivity index (χ1n) is 9.17. The lowest BCUT2D eigenvalue weighted by molar-refractivity contribution is -0.134. The molecule has 0 aromatic heterocycles. The molecule has 2 saturated carbocycles. The second kappa shape index (κ2) is 7.65. The Morgan fingerprint density at radius 1 is 1.04 bits per heavy atom. The minimum absolute atomic E-state index is 0.0527. The highest BCUT2D eigenvalue weighted by Crippen LogP contribution is 2.46. The summed E-state index contributed by atoms with van der Waals surface area (Å²) in [6, 6.07) is 8.44. The molecular formula is C20H30N2O3. The summed E-state index contributed by atoms with van der Waals surface area (Å²) in [6.07, 6.45) is 4.82. The SMILES string of the molecule is COc1cccc(OCC(=O)N(C)C2C[C@H]3CC(N(C)C)C[C@H]3C2)c1. The molecule has 138 valence electrons. The summed E-state index contributed by atoms with van der Waals surface area (Å²) in [5.41, 5.74) is 0. The quantitative estimate of drug-likeness (QED) is 0.794. The van der Waals surface area contributed by atoms with E-state index in [1.54, 1.807) is 13.2 Å². The van der Waals surface area contributed by atoms with Gasteiger partial charge in [0.1, 0.15) is 11.5 Å². The number of amides is 1. The van der Waals surface area contributed by atoms with Crippen LogP contribution in [0.4, 0.5) is 0 Å². The molecule has 5 nitrogen and oxygen atoms in total. The number of fused-ring (bicyclic) bond motifs is 1. The smallest absolute Gasteiger partial charge is 0.260 e. The van der Waals surface area contributed by atoms with Gasteiger partial charge in [0, 0.05) is 25.2 Å². The summed E-state index contributed by atoms with van der Waals surface area (Å²) in [5.74, 6) is 2.99. The van der Waals surface area contributed by atoms with Gasteiger partial charge in [0.25, 0.3) is 5.91 Å². The highest BCUT2D eigenvalue weighted by molar-refractivity contribution is 5.77. The van der Waals surface area contributed by atoms with E-state index in [1.165, 1.54) is 12.8 Å². The van der Waals surface area contributed by atoms with Crippen molar-refractivity contribution in [1.82, 2.24) is 9.80 Å². The number of likely N-dealkylation sites (N-methyl/N-ethyl adjacent to an activating group) is 1. The summed E-state index contributed by atoms with van der Waals surface area (Å²) in [6.45, 7) is 0.0792. The Balaban J connectivity index is 1.49. The molecular weight excluding hydrogens is 316 g/mol. The number of hydrogen-bond donors (Lipinski definition) is 0. The largest absolute Gasteiger partial charge is 0.497 e. The van der Waals surface area contributed by atoms with Gasteiger partial charge in [0.05, 0.1) is 7.11 Å². The van der Waals surface area contributed by atoms with Crippen molar-refractivity contribution in [2.24, 2.45) is 11.8 Å². The lowest BCUT2D eigenvalue weighted by Crippen LogP contribution is -2.39. The second-order valence-electron chi connectivity index (χ2n) is 7.71. The molecule has 0 spiro atoms. The van der Waals surface area contributed by atoms with Crippen LogP contribution in [-0.4, -0.2) is 62.7 Å². The van der Waals surface area contributed by atoms with Gasteiger partial charge in [-0.2, -0.15) is 0 Å². The second-order valence-corrected chi connectivity index (χ2v) is 7.71. The van der Waals surface area contributed by atoms with Gasteiger partial charge in [-0.25, -0.2) is 0 Å². The molecule has 0 radical (unpaired) electrons. The minimum Gasteiger partial charge on any atom is -0.497 e. The number of rotatable bonds is 6. The normalized spacial score (nSPS) is 28.0. The van der Waals surface area contributed by atoms with Crippen molar-refractivity contribution >= 4 is 5.91 Å². The molecule has 2 fully saturated rings. The van der Waals surface area contributed by atoms with Crippen molar-refractivity contribution in [1.29, 1.82) is 0 Å². The molecule has 5 heteroatoms. The summed E-state index contributed by atoms with van der Waals surface area (Å²) in [5, 5.41) is 0. The Kier molecular flexibility index (Phi) is 5.52. The van der Waals surface area contributed by atoms with Crippen LogP contribution >= 0.6 is 0 Å². The van der Waals surface area contributed by atoms with Gasteiger partial charge < -0.3 is 19.3 Å². The molecule has 0 aliphatic heterocycles. The van der Waals surface area contributed by atoms with Crippen LogP contribution in [0.15, 0.2) is 24.3 Å². The Morgan fingerprint density at radius 3 is 2.24 bits per heavy atom. The fourth-order valence-electron chi connectivity index (χ4n) is 4.43. The zero-order valence-electron chi connectivity index (χ0n) is 15.8. The van der Waals surface area contributed by atoms with Gasteiger partial charge in [0.15, 0.2) is 6.61 Å². The number of ether oxygens (including phenoxy) is 2. The van der Waals surface area contributed by atoms with Crippen molar-refractivity contribution < 1.29 is 14.3 Å². The summed E-state index contributed by atoms with van der Waals surface area (Å²) in [7, 11) is 7.89. The number of methoxy groups -OCH3 is 1. The lowest BCUT2D eigenvalue weighted by atomic mass is 10.0. The Labute approximate surface area is 150 Å². The van der Waals surface area contributed by atoms with E-state index in [-0.39, 0.29) is 12.5 Å². The van der Waals surface area contributed by atoms with E-state index in [0.717, 1.165) is 30.4 Å². The van der Waals surface area contributed by atoms with E-state index in [0.29, 0.717) is 17.8 Å². The van der Waals surface area contributed by atoms with E-state index in [9.17, 15) is 4.79 Å². The first-order valence-corrected chi connectivity index (χ1v) is 9.17. The highest BCUT2D eigenvalue weighted by Gasteiger charge is 2.44. The van der Waals surface area contributed by atoms with Crippen LogP contribution in [-0.2, 0) is 4.79 Å². The van der Waals surface area contributed by atoms with Gasteiger partial charge in [-0.1, -0.05) is 6.07 Å². The number of hydrogen-bond acceptors (Lipinski definition) is 4. The molecule has 0 N–H and O–H groups in total. The Hall–Kier alpha value is -1.75. The van der Waals surface area contributed by atoms with Crippen molar-refractivity contribution in [3.63, 3.8) is 0 Å². The Bertz CT molecular complexity index is 590. The van der Waals surface area contributed by atoms with Gasteiger partial charge in [0.2, 0.25) is 0 Å². The lowest BCUT2D eigenvalue weighted by Gasteiger charge is -2.27. The molecule has 0 heterocycles. The van der Waals surface area contributed by atoms with Gasteiger partial charge in [-0.15, -0.1) is 0 Å². The molecule has 25 heavy (non-hydrogen) atoms. The molecule has 0 saturated heterocycles. The van der Waals surface area contributed by atoms with Crippen LogP contribution in [0.5, 0.6) is 11.5 Å².